The topological polar surface area (TPSA) is 91.2 Å². The lowest BCUT2D eigenvalue weighted by molar-refractivity contribution is 0.437. The highest BCUT2D eigenvalue weighted by Gasteiger charge is 2.34. The minimum absolute atomic E-state index is 0.168. The summed E-state index contributed by atoms with van der Waals surface area (Å²) in [6.07, 6.45) is 5.30. The molecule has 3 aromatic heterocycles. The maximum absolute atomic E-state index is 6.45. The second-order valence-corrected chi connectivity index (χ2v) is 8.28. The van der Waals surface area contributed by atoms with Crippen LogP contribution in [0.15, 0.2) is 91.5 Å². The van der Waals surface area contributed by atoms with E-state index in [9.17, 15) is 0 Å². The van der Waals surface area contributed by atoms with Crippen LogP contribution in [0.3, 0.4) is 0 Å². The third-order valence-corrected chi connectivity index (χ3v) is 6.31. The van der Waals surface area contributed by atoms with Crippen molar-refractivity contribution in [1.82, 2.24) is 24.6 Å². The number of nitrogens with zero attached hydrogens (tertiary/aromatic N) is 5. The fourth-order valence-corrected chi connectivity index (χ4v) is 4.75. The summed E-state index contributed by atoms with van der Waals surface area (Å²) in [6.45, 7) is 0. The largest absolute Gasteiger partial charge is 0.438 e. The number of benzene rings is 3. The Morgan fingerprint density at radius 3 is 2.68 bits per heavy atom. The molecule has 7 nitrogen and oxygen atoms in total. The lowest BCUT2D eigenvalue weighted by Gasteiger charge is -2.28. The number of para-hydroxylation sites is 1. The fraction of sp³-hybridized carbons (Fsp3) is 0.0370. The van der Waals surface area contributed by atoms with Gasteiger partial charge in [0.1, 0.15) is 12.1 Å². The highest BCUT2D eigenvalue weighted by atomic mass is 16.5. The molecule has 0 aliphatic carbocycles. The van der Waals surface area contributed by atoms with Crippen molar-refractivity contribution in [2.75, 3.05) is 5.73 Å². The van der Waals surface area contributed by atoms with Gasteiger partial charge in [-0.15, -0.1) is 5.10 Å². The van der Waals surface area contributed by atoms with Crippen molar-refractivity contribution in [3.63, 3.8) is 0 Å². The monoisotopic (exact) mass is 442 g/mol. The van der Waals surface area contributed by atoms with E-state index in [1.165, 1.54) is 0 Å². The number of ether oxygens (including phenoxy) is 1. The molecule has 0 amide bonds. The molecule has 0 saturated carbocycles. The minimum Gasteiger partial charge on any atom is -0.438 e. The normalized spacial score (nSPS) is 14.5. The smallest absolute Gasteiger partial charge is 0.228 e. The Bertz CT molecular complexity index is 1710. The summed E-state index contributed by atoms with van der Waals surface area (Å²) in [6, 6.07) is 24.0. The van der Waals surface area contributed by atoms with Gasteiger partial charge in [-0.25, -0.2) is 14.5 Å². The number of nitrogens with two attached hydrogens (primary N) is 1. The Hall–Kier alpha value is -4.78. The molecule has 1 aliphatic heterocycles. The van der Waals surface area contributed by atoms with Gasteiger partial charge >= 0.3 is 0 Å². The molecule has 0 spiro atoms. The van der Waals surface area contributed by atoms with Crippen molar-refractivity contribution in [1.29, 1.82) is 0 Å². The first-order valence-corrected chi connectivity index (χ1v) is 11.0. The average molecular weight is 442 g/mol. The molecule has 34 heavy (non-hydrogen) atoms. The lowest BCUT2D eigenvalue weighted by atomic mass is 9.83. The molecule has 7 rings (SSSR count). The number of anilines is 1. The van der Waals surface area contributed by atoms with Gasteiger partial charge in [-0.2, -0.15) is 0 Å². The second-order valence-electron chi connectivity index (χ2n) is 8.28. The Labute approximate surface area is 194 Å². The summed E-state index contributed by atoms with van der Waals surface area (Å²) in [4.78, 5) is 13.9. The fourth-order valence-electron chi connectivity index (χ4n) is 4.75. The van der Waals surface area contributed by atoms with Crippen LogP contribution in [-0.2, 0) is 0 Å². The summed E-state index contributed by atoms with van der Waals surface area (Å²) >= 11 is 0. The van der Waals surface area contributed by atoms with Crippen LogP contribution in [0, 0.1) is 0 Å². The molecule has 0 saturated heterocycles. The van der Waals surface area contributed by atoms with E-state index in [0.717, 1.165) is 38.8 Å². The van der Waals surface area contributed by atoms with Crippen molar-refractivity contribution in [2.45, 2.75) is 5.92 Å². The Kier molecular flexibility index (Phi) is 3.92. The van der Waals surface area contributed by atoms with Gasteiger partial charge in [0.05, 0.1) is 5.56 Å². The molecular weight excluding hydrogens is 424 g/mol. The van der Waals surface area contributed by atoms with E-state index in [1.807, 2.05) is 48.7 Å². The van der Waals surface area contributed by atoms with Crippen LogP contribution in [0.25, 0.3) is 27.8 Å². The third-order valence-electron chi connectivity index (χ3n) is 6.31. The first-order valence-electron chi connectivity index (χ1n) is 11.0. The number of nitrogen functional groups attached to an aromatic ring is 1. The maximum atomic E-state index is 6.45. The molecule has 1 atom stereocenters. The molecule has 0 bridgehead atoms. The summed E-state index contributed by atoms with van der Waals surface area (Å²) < 4.78 is 8.15. The molecule has 0 fully saturated rings. The number of aromatic nitrogens is 5. The van der Waals surface area contributed by atoms with Crippen LogP contribution in [0.5, 0.6) is 11.6 Å². The number of hydrogen-bond acceptors (Lipinski definition) is 6. The van der Waals surface area contributed by atoms with Crippen LogP contribution < -0.4 is 10.5 Å². The maximum Gasteiger partial charge on any atom is 0.228 e. The Morgan fingerprint density at radius 1 is 0.912 bits per heavy atom. The quantitative estimate of drug-likeness (QED) is 0.370. The lowest BCUT2D eigenvalue weighted by Crippen LogP contribution is -2.15. The van der Waals surface area contributed by atoms with Gasteiger partial charge in [-0.1, -0.05) is 54.6 Å². The Morgan fingerprint density at radius 2 is 1.79 bits per heavy atom. The zero-order chi connectivity index (χ0) is 22.6. The highest BCUT2D eigenvalue weighted by Crippen LogP contribution is 2.50. The SMILES string of the molecule is Nc1ccccc1-c1nc2c3c(ncn2n1)Oc1c(ccc2ccccc12)C3c1cccnc1. The van der Waals surface area contributed by atoms with Crippen molar-refractivity contribution < 1.29 is 4.74 Å². The minimum atomic E-state index is -0.168. The molecule has 162 valence electrons. The van der Waals surface area contributed by atoms with E-state index < -0.39 is 0 Å². The zero-order valence-corrected chi connectivity index (χ0v) is 18.0. The molecule has 1 aliphatic rings. The molecular formula is C27H18N6O. The number of hydrogen-bond donors (Lipinski definition) is 1. The van der Waals surface area contributed by atoms with Crippen LogP contribution in [0.4, 0.5) is 5.69 Å². The van der Waals surface area contributed by atoms with E-state index in [0.29, 0.717) is 23.0 Å². The predicted molar refractivity (Wildman–Crippen MR) is 130 cm³/mol. The summed E-state index contributed by atoms with van der Waals surface area (Å²) in [7, 11) is 0. The molecule has 6 aromatic rings. The van der Waals surface area contributed by atoms with Gasteiger partial charge in [0, 0.05) is 40.5 Å². The summed E-state index contributed by atoms with van der Waals surface area (Å²) in [5.41, 5.74) is 11.2. The first kappa shape index (κ1) is 18.8. The van der Waals surface area contributed by atoms with Crippen molar-refractivity contribution in [2.24, 2.45) is 0 Å². The van der Waals surface area contributed by atoms with E-state index in [-0.39, 0.29) is 5.92 Å². The third kappa shape index (κ3) is 2.70. The highest BCUT2D eigenvalue weighted by molar-refractivity contribution is 5.91. The van der Waals surface area contributed by atoms with Gasteiger partial charge in [-0.05, 0) is 29.1 Å². The van der Waals surface area contributed by atoms with Gasteiger partial charge in [0.15, 0.2) is 11.5 Å². The van der Waals surface area contributed by atoms with Gasteiger partial charge in [0.25, 0.3) is 0 Å². The molecule has 0 radical (unpaired) electrons. The van der Waals surface area contributed by atoms with Crippen molar-refractivity contribution in [3.8, 4) is 23.0 Å². The van der Waals surface area contributed by atoms with Gasteiger partial charge in [0.2, 0.25) is 5.88 Å². The van der Waals surface area contributed by atoms with Crippen molar-refractivity contribution >= 4 is 22.1 Å². The molecule has 4 heterocycles. The van der Waals surface area contributed by atoms with E-state index >= 15 is 0 Å². The van der Waals surface area contributed by atoms with Crippen LogP contribution in [0.2, 0.25) is 0 Å². The number of rotatable bonds is 2. The molecule has 7 heteroatoms. The summed E-state index contributed by atoms with van der Waals surface area (Å²) in [5.74, 6) is 1.70. The molecule has 3 aromatic carbocycles. The van der Waals surface area contributed by atoms with Crippen LogP contribution in [-0.4, -0.2) is 24.6 Å². The Balaban J connectivity index is 1.53. The standard InChI is InChI=1S/C27H18N6O/c28-21-10-4-3-9-19(21)25-31-26-23-22(17-7-5-13-29-14-17)20-12-11-16-6-1-2-8-18(16)24(20)34-27(23)30-15-33(26)32-25/h1-15,22H,28H2. The second kappa shape index (κ2) is 7.11. The zero-order valence-electron chi connectivity index (χ0n) is 18.0. The predicted octanol–water partition coefficient (Wildman–Crippen LogP) is 5.21. The van der Waals surface area contributed by atoms with Crippen molar-refractivity contribution in [3.05, 3.63) is 108 Å². The van der Waals surface area contributed by atoms with Gasteiger partial charge in [-0.3, -0.25) is 4.98 Å². The molecule has 2 N–H and O–H groups in total. The molecule has 1 unspecified atom stereocenters. The van der Waals surface area contributed by atoms with E-state index in [1.54, 1.807) is 17.0 Å². The first-order chi connectivity index (χ1) is 16.8. The van der Waals surface area contributed by atoms with E-state index in [4.69, 9.17) is 15.5 Å². The summed E-state index contributed by atoms with van der Waals surface area (Å²) in [5, 5.41) is 6.83. The van der Waals surface area contributed by atoms with E-state index in [2.05, 4.69) is 45.4 Å². The number of pyridine rings is 1. The number of fused-ring (bicyclic) bond motifs is 6. The average Bonchev–Trinajstić information content (AvgIpc) is 3.32. The van der Waals surface area contributed by atoms with Crippen LogP contribution >= 0.6 is 0 Å². The van der Waals surface area contributed by atoms with Crippen LogP contribution in [0.1, 0.15) is 22.6 Å². The van der Waals surface area contributed by atoms with Gasteiger partial charge < -0.3 is 10.5 Å².